The van der Waals surface area contributed by atoms with Crippen LogP contribution in [0.5, 0.6) is 0 Å². The summed E-state index contributed by atoms with van der Waals surface area (Å²) in [7, 11) is 4.77. The van der Waals surface area contributed by atoms with Crippen molar-refractivity contribution in [2.45, 2.75) is 19.1 Å². The Kier molecular flexibility index (Phi) is 5.59. The lowest BCUT2D eigenvalue weighted by Gasteiger charge is -2.36. The van der Waals surface area contributed by atoms with E-state index in [2.05, 4.69) is 4.90 Å². The molecule has 0 atom stereocenters. The predicted octanol–water partition coefficient (Wildman–Crippen LogP) is 2.31. The average molecular weight is 293 g/mol. The van der Waals surface area contributed by atoms with E-state index < -0.39 is 0 Å². The van der Waals surface area contributed by atoms with Crippen LogP contribution < -0.4 is 4.90 Å². The summed E-state index contributed by atoms with van der Waals surface area (Å²) < 4.78 is 15.4. The summed E-state index contributed by atoms with van der Waals surface area (Å²) in [6, 6.07) is 7.55. The lowest BCUT2D eigenvalue weighted by Crippen LogP contribution is -2.39. The van der Waals surface area contributed by atoms with Crippen LogP contribution in [0.3, 0.4) is 0 Å². The molecule has 1 aliphatic rings. The summed E-state index contributed by atoms with van der Waals surface area (Å²) in [6.07, 6.45) is 1.95. The molecule has 0 bridgehead atoms. The van der Waals surface area contributed by atoms with E-state index in [4.69, 9.17) is 14.2 Å². The first kappa shape index (κ1) is 15.8. The van der Waals surface area contributed by atoms with Crippen LogP contribution in [0.1, 0.15) is 23.2 Å². The number of carbonyl (C=O) groups excluding carboxylic acids is 1. The molecule has 0 aliphatic carbocycles. The highest BCUT2D eigenvalue weighted by molar-refractivity contribution is 5.89. The molecule has 1 heterocycles. The van der Waals surface area contributed by atoms with Gasteiger partial charge < -0.3 is 19.1 Å². The molecule has 2 rings (SSSR count). The molecule has 1 fully saturated rings. The summed E-state index contributed by atoms with van der Waals surface area (Å²) in [6.45, 7) is 1.93. The average Bonchev–Trinajstić information content (AvgIpc) is 2.56. The fourth-order valence-electron chi connectivity index (χ4n) is 2.84. The number of ether oxygens (including phenoxy) is 3. The van der Waals surface area contributed by atoms with Gasteiger partial charge in [0, 0.05) is 38.9 Å². The first-order valence-corrected chi connectivity index (χ1v) is 7.18. The number of nitrogens with zero attached hydrogens (tertiary/aromatic N) is 1. The van der Waals surface area contributed by atoms with Crippen molar-refractivity contribution >= 4 is 11.7 Å². The summed E-state index contributed by atoms with van der Waals surface area (Å²) in [4.78, 5) is 13.7. The quantitative estimate of drug-likeness (QED) is 0.616. The van der Waals surface area contributed by atoms with E-state index in [-0.39, 0.29) is 12.3 Å². The van der Waals surface area contributed by atoms with Gasteiger partial charge in [-0.25, -0.2) is 4.79 Å². The van der Waals surface area contributed by atoms with E-state index in [0.29, 0.717) is 11.5 Å². The molecule has 1 saturated heterocycles. The third kappa shape index (κ3) is 3.74. The molecule has 1 aromatic carbocycles. The van der Waals surface area contributed by atoms with Gasteiger partial charge in [0.05, 0.1) is 12.7 Å². The molecular weight excluding hydrogens is 270 g/mol. The van der Waals surface area contributed by atoms with Crippen LogP contribution in [0.2, 0.25) is 0 Å². The molecule has 5 nitrogen and oxygen atoms in total. The maximum atomic E-state index is 11.4. The van der Waals surface area contributed by atoms with Gasteiger partial charge in [0.25, 0.3) is 0 Å². The molecule has 0 saturated carbocycles. The number of benzene rings is 1. The molecule has 0 spiro atoms. The van der Waals surface area contributed by atoms with Crippen molar-refractivity contribution in [3.63, 3.8) is 0 Å². The van der Waals surface area contributed by atoms with Crippen LogP contribution >= 0.6 is 0 Å². The standard InChI is InChI=1S/C16H23NO4/c1-19-15(18)12-4-6-14(7-5-12)17-10-8-13(9-11-17)16(20-2)21-3/h4-7,13,16H,8-11H2,1-3H3. The Labute approximate surface area is 125 Å². The first-order chi connectivity index (χ1) is 10.2. The maximum Gasteiger partial charge on any atom is 0.337 e. The number of hydrogen-bond donors (Lipinski definition) is 0. The number of esters is 1. The van der Waals surface area contributed by atoms with E-state index in [1.165, 1.54) is 7.11 Å². The van der Waals surface area contributed by atoms with Gasteiger partial charge in [-0.3, -0.25) is 0 Å². The van der Waals surface area contributed by atoms with E-state index >= 15 is 0 Å². The molecule has 0 N–H and O–H groups in total. The number of carbonyl (C=O) groups is 1. The van der Waals surface area contributed by atoms with E-state index in [1.54, 1.807) is 26.4 Å². The SMILES string of the molecule is COC(=O)c1ccc(N2CCC(C(OC)OC)CC2)cc1. The van der Waals surface area contributed by atoms with E-state index in [0.717, 1.165) is 31.6 Å². The van der Waals surface area contributed by atoms with Crippen LogP contribution in [0.4, 0.5) is 5.69 Å². The third-order valence-corrected chi connectivity index (χ3v) is 4.04. The van der Waals surface area contributed by atoms with E-state index in [9.17, 15) is 4.79 Å². The Morgan fingerprint density at radius 3 is 2.14 bits per heavy atom. The minimum Gasteiger partial charge on any atom is -0.465 e. The van der Waals surface area contributed by atoms with Crippen LogP contribution in [0.15, 0.2) is 24.3 Å². The highest BCUT2D eigenvalue weighted by Gasteiger charge is 2.26. The van der Waals surface area contributed by atoms with Gasteiger partial charge in [-0.05, 0) is 37.1 Å². The fourth-order valence-corrected chi connectivity index (χ4v) is 2.84. The van der Waals surface area contributed by atoms with Gasteiger partial charge in [-0.1, -0.05) is 0 Å². The van der Waals surface area contributed by atoms with Gasteiger partial charge in [-0.2, -0.15) is 0 Å². The van der Waals surface area contributed by atoms with Gasteiger partial charge >= 0.3 is 5.97 Å². The van der Waals surface area contributed by atoms with Gasteiger partial charge in [-0.15, -0.1) is 0 Å². The van der Waals surface area contributed by atoms with Gasteiger partial charge in [0.2, 0.25) is 0 Å². The summed E-state index contributed by atoms with van der Waals surface area (Å²) in [5.41, 5.74) is 1.71. The summed E-state index contributed by atoms with van der Waals surface area (Å²) in [5.74, 6) is 0.133. The number of rotatable bonds is 5. The smallest absolute Gasteiger partial charge is 0.337 e. The Bertz CT molecular complexity index is 448. The maximum absolute atomic E-state index is 11.4. The zero-order valence-corrected chi connectivity index (χ0v) is 12.9. The van der Waals surface area contributed by atoms with Crippen LogP contribution in [0.25, 0.3) is 0 Å². The highest BCUT2D eigenvalue weighted by atomic mass is 16.7. The second-order valence-electron chi connectivity index (χ2n) is 5.20. The molecule has 0 amide bonds. The largest absolute Gasteiger partial charge is 0.465 e. The molecular formula is C16H23NO4. The lowest BCUT2D eigenvalue weighted by atomic mass is 9.95. The molecule has 0 unspecified atom stereocenters. The fraction of sp³-hybridized carbons (Fsp3) is 0.562. The zero-order valence-electron chi connectivity index (χ0n) is 12.9. The van der Waals surface area contributed by atoms with Gasteiger partial charge in [0.15, 0.2) is 6.29 Å². The van der Waals surface area contributed by atoms with Crippen molar-refractivity contribution in [3.8, 4) is 0 Å². The third-order valence-electron chi connectivity index (χ3n) is 4.04. The zero-order chi connectivity index (χ0) is 15.2. The number of methoxy groups -OCH3 is 3. The van der Waals surface area contributed by atoms with Crippen molar-refractivity contribution in [3.05, 3.63) is 29.8 Å². The van der Waals surface area contributed by atoms with Crippen molar-refractivity contribution in [2.24, 2.45) is 5.92 Å². The number of piperidine rings is 1. The Morgan fingerprint density at radius 1 is 1.10 bits per heavy atom. The number of anilines is 1. The van der Waals surface area contributed by atoms with Crippen molar-refractivity contribution < 1.29 is 19.0 Å². The Hall–Kier alpha value is -1.59. The molecule has 1 aromatic rings. The second kappa shape index (κ2) is 7.43. The highest BCUT2D eigenvalue weighted by Crippen LogP contribution is 2.26. The molecule has 5 heteroatoms. The molecule has 1 aliphatic heterocycles. The summed E-state index contributed by atoms with van der Waals surface area (Å²) >= 11 is 0. The number of hydrogen-bond acceptors (Lipinski definition) is 5. The first-order valence-electron chi connectivity index (χ1n) is 7.18. The van der Waals surface area contributed by atoms with Crippen molar-refractivity contribution in [2.75, 3.05) is 39.3 Å². The predicted molar refractivity (Wildman–Crippen MR) is 80.5 cm³/mol. The minimum absolute atomic E-state index is 0.117. The monoisotopic (exact) mass is 293 g/mol. The summed E-state index contributed by atoms with van der Waals surface area (Å²) in [5, 5.41) is 0. The molecule has 116 valence electrons. The van der Waals surface area contributed by atoms with Crippen LogP contribution in [-0.2, 0) is 14.2 Å². The topological polar surface area (TPSA) is 48.0 Å². The second-order valence-corrected chi connectivity index (χ2v) is 5.20. The lowest BCUT2D eigenvalue weighted by molar-refractivity contribution is -0.141. The Morgan fingerprint density at radius 2 is 1.67 bits per heavy atom. The molecule has 0 radical (unpaired) electrons. The minimum atomic E-state index is -0.303. The van der Waals surface area contributed by atoms with Crippen LogP contribution in [-0.4, -0.2) is 46.7 Å². The van der Waals surface area contributed by atoms with Crippen LogP contribution in [0, 0.1) is 5.92 Å². The molecule has 0 aromatic heterocycles. The normalized spacial score (nSPS) is 16.3. The van der Waals surface area contributed by atoms with Crippen molar-refractivity contribution in [1.82, 2.24) is 0 Å². The van der Waals surface area contributed by atoms with Gasteiger partial charge in [0.1, 0.15) is 0 Å². The van der Waals surface area contributed by atoms with Crippen molar-refractivity contribution in [1.29, 1.82) is 0 Å². The Balaban J connectivity index is 1.94. The molecule has 21 heavy (non-hydrogen) atoms. The van der Waals surface area contributed by atoms with E-state index in [1.807, 2.05) is 12.1 Å².